The maximum atomic E-state index is 11.8. The predicted molar refractivity (Wildman–Crippen MR) is 70.5 cm³/mol. The Morgan fingerprint density at radius 2 is 1.78 bits per heavy atom. The summed E-state index contributed by atoms with van der Waals surface area (Å²) in [6.45, 7) is 5.35. The van der Waals surface area contributed by atoms with E-state index in [2.05, 4.69) is 0 Å². The van der Waals surface area contributed by atoms with Gasteiger partial charge < -0.3 is 10.6 Å². The van der Waals surface area contributed by atoms with E-state index in [4.69, 9.17) is 5.73 Å². The Balaban J connectivity index is 2.54. The fourth-order valence-electron chi connectivity index (χ4n) is 1.98. The quantitative estimate of drug-likeness (QED) is 0.741. The van der Waals surface area contributed by atoms with Gasteiger partial charge >= 0.3 is 0 Å². The molecule has 1 heterocycles. The second-order valence-electron chi connectivity index (χ2n) is 4.56. The third-order valence-corrected chi connectivity index (χ3v) is 5.24. The monoisotopic (exact) mass is 277 g/mol. The van der Waals surface area contributed by atoms with E-state index in [1.807, 2.05) is 13.8 Å². The lowest BCUT2D eigenvalue weighted by Crippen LogP contribution is -2.54. The van der Waals surface area contributed by atoms with E-state index in [0.29, 0.717) is 39.0 Å². The van der Waals surface area contributed by atoms with Crippen LogP contribution in [0.15, 0.2) is 0 Å². The van der Waals surface area contributed by atoms with E-state index in [1.54, 1.807) is 4.90 Å². The summed E-state index contributed by atoms with van der Waals surface area (Å²) in [5.41, 5.74) is 5.69. The van der Waals surface area contributed by atoms with Gasteiger partial charge in [-0.3, -0.25) is 4.79 Å². The summed E-state index contributed by atoms with van der Waals surface area (Å²) < 4.78 is 25.2. The molecule has 1 amide bonds. The highest BCUT2D eigenvalue weighted by Gasteiger charge is 2.29. The largest absolute Gasteiger partial charge is 0.339 e. The molecule has 0 aromatic heterocycles. The highest BCUT2D eigenvalue weighted by atomic mass is 32.2. The minimum Gasteiger partial charge on any atom is -0.339 e. The first kappa shape index (κ1) is 15.4. The van der Waals surface area contributed by atoms with Gasteiger partial charge in [-0.2, -0.15) is 4.31 Å². The smallest absolute Gasteiger partial charge is 0.239 e. The van der Waals surface area contributed by atoms with Gasteiger partial charge in [0.05, 0.1) is 11.8 Å². The van der Waals surface area contributed by atoms with Crippen LogP contribution in [0, 0.1) is 0 Å². The third-order valence-electron chi connectivity index (χ3n) is 3.16. The first-order chi connectivity index (χ1) is 8.42. The van der Waals surface area contributed by atoms with Gasteiger partial charge in [0.25, 0.3) is 0 Å². The van der Waals surface area contributed by atoms with Gasteiger partial charge in [-0.1, -0.05) is 13.8 Å². The lowest BCUT2D eigenvalue weighted by molar-refractivity contribution is -0.133. The van der Waals surface area contributed by atoms with Crippen LogP contribution in [0.4, 0.5) is 0 Å². The first-order valence-electron chi connectivity index (χ1n) is 6.44. The van der Waals surface area contributed by atoms with E-state index in [-0.39, 0.29) is 11.7 Å². The van der Waals surface area contributed by atoms with Gasteiger partial charge in [0.15, 0.2) is 0 Å². The van der Waals surface area contributed by atoms with Crippen LogP contribution in [0.25, 0.3) is 0 Å². The van der Waals surface area contributed by atoms with Crippen LogP contribution in [0.3, 0.4) is 0 Å². The standard InChI is InChI=1S/C11H23N3O3S/c1-3-9-18(16,17)14-7-5-13(6-8-14)11(15)10(12)4-2/h10H,3-9,12H2,1-2H3. The fourth-order valence-corrected chi connectivity index (χ4v) is 3.48. The van der Waals surface area contributed by atoms with Crippen LogP contribution < -0.4 is 5.73 Å². The van der Waals surface area contributed by atoms with Crippen molar-refractivity contribution in [1.29, 1.82) is 0 Å². The highest BCUT2D eigenvalue weighted by molar-refractivity contribution is 7.89. The third kappa shape index (κ3) is 3.66. The molecule has 0 saturated carbocycles. The molecule has 1 atom stereocenters. The second kappa shape index (κ2) is 6.49. The lowest BCUT2D eigenvalue weighted by Gasteiger charge is -2.35. The van der Waals surface area contributed by atoms with E-state index in [9.17, 15) is 13.2 Å². The topological polar surface area (TPSA) is 83.7 Å². The molecule has 7 heteroatoms. The molecule has 1 aliphatic rings. The van der Waals surface area contributed by atoms with Crippen LogP contribution in [-0.4, -0.2) is 61.5 Å². The minimum absolute atomic E-state index is 0.0787. The Bertz CT molecular complexity index is 375. The van der Waals surface area contributed by atoms with Crippen LogP contribution in [0.2, 0.25) is 0 Å². The average molecular weight is 277 g/mol. The molecular formula is C11H23N3O3S. The van der Waals surface area contributed by atoms with Crippen LogP contribution >= 0.6 is 0 Å². The summed E-state index contributed by atoms with van der Waals surface area (Å²) in [4.78, 5) is 13.5. The molecule has 2 N–H and O–H groups in total. The number of sulfonamides is 1. The Morgan fingerprint density at radius 1 is 1.22 bits per heavy atom. The zero-order valence-electron chi connectivity index (χ0n) is 11.1. The van der Waals surface area contributed by atoms with Crippen molar-refractivity contribution in [3.8, 4) is 0 Å². The number of amides is 1. The summed E-state index contributed by atoms with van der Waals surface area (Å²) in [6.07, 6.45) is 1.22. The van der Waals surface area contributed by atoms with Crippen molar-refractivity contribution in [2.45, 2.75) is 32.7 Å². The molecule has 0 aromatic carbocycles. The molecule has 0 bridgehead atoms. The van der Waals surface area contributed by atoms with Crippen molar-refractivity contribution in [2.75, 3.05) is 31.9 Å². The number of rotatable bonds is 5. The maximum absolute atomic E-state index is 11.8. The van der Waals surface area contributed by atoms with Crippen molar-refractivity contribution in [1.82, 2.24) is 9.21 Å². The van der Waals surface area contributed by atoms with E-state index < -0.39 is 16.1 Å². The van der Waals surface area contributed by atoms with Crippen LogP contribution in [-0.2, 0) is 14.8 Å². The van der Waals surface area contributed by atoms with Gasteiger partial charge in [0.2, 0.25) is 15.9 Å². The van der Waals surface area contributed by atoms with Crippen molar-refractivity contribution in [3.63, 3.8) is 0 Å². The first-order valence-corrected chi connectivity index (χ1v) is 8.05. The van der Waals surface area contributed by atoms with Crippen LogP contribution in [0.5, 0.6) is 0 Å². The molecule has 1 unspecified atom stereocenters. The second-order valence-corrected chi connectivity index (χ2v) is 6.64. The number of nitrogens with two attached hydrogens (primary N) is 1. The number of nitrogens with zero attached hydrogens (tertiary/aromatic N) is 2. The summed E-state index contributed by atoms with van der Waals surface area (Å²) in [6, 6.07) is -0.469. The molecule has 0 spiro atoms. The van der Waals surface area contributed by atoms with Crippen molar-refractivity contribution >= 4 is 15.9 Å². The van der Waals surface area contributed by atoms with E-state index >= 15 is 0 Å². The van der Waals surface area contributed by atoms with Crippen LogP contribution in [0.1, 0.15) is 26.7 Å². The number of hydrogen-bond acceptors (Lipinski definition) is 4. The van der Waals surface area contributed by atoms with Crippen molar-refractivity contribution < 1.29 is 13.2 Å². The number of piperazine rings is 1. The maximum Gasteiger partial charge on any atom is 0.239 e. The molecule has 0 radical (unpaired) electrons. The molecule has 1 aliphatic heterocycles. The van der Waals surface area contributed by atoms with Gasteiger partial charge in [0, 0.05) is 26.2 Å². The highest BCUT2D eigenvalue weighted by Crippen LogP contribution is 2.10. The van der Waals surface area contributed by atoms with E-state index in [0.717, 1.165) is 0 Å². The van der Waals surface area contributed by atoms with Gasteiger partial charge in [0.1, 0.15) is 0 Å². The van der Waals surface area contributed by atoms with Gasteiger partial charge in [-0.05, 0) is 12.8 Å². The van der Waals surface area contributed by atoms with Gasteiger partial charge in [-0.25, -0.2) is 8.42 Å². The molecule has 0 aromatic rings. The summed E-state index contributed by atoms with van der Waals surface area (Å²) in [7, 11) is -3.14. The Labute approximate surface area is 109 Å². The summed E-state index contributed by atoms with van der Waals surface area (Å²) in [5, 5.41) is 0. The van der Waals surface area contributed by atoms with Gasteiger partial charge in [-0.15, -0.1) is 0 Å². The molecular weight excluding hydrogens is 254 g/mol. The Kier molecular flexibility index (Phi) is 5.55. The molecule has 18 heavy (non-hydrogen) atoms. The zero-order chi connectivity index (χ0) is 13.8. The number of hydrogen-bond donors (Lipinski definition) is 1. The fraction of sp³-hybridized carbons (Fsp3) is 0.909. The number of carbonyl (C=O) groups is 1. The average Bonchev–Trinajstić information content (AvgIpc) is 2.37. The normalized spacial score (nSPS) is 19.8. The molecule has 1 rings (SSSR count). The zero-order valence-corrected chi connectivity index (χ0v) is 11.9. The van der Waals surface area contributed by atoms with E-state index in [1.165, 1.54) is 4.31 Å². The summed E-state index contributed by atoms with van der Waals surface area (Å²) in [5.74, 6) is 0.0973. The Hall–Kier alpha value is -0.660. The lowest BCUT2D eigenvalue weighted by atomic mass is 10.2. The molecule has 6 nitrogen and oxygen atoms in total. The Morgan fingerprint density at radius 3 is 2.22 bits per heavy atom. The van der Waals surface area contributed by atoms with Crippen molar-refractivity contribution in [3.05, 3.63) is 0 Å². The molecule has 0 aliphatic carbocycles. The molecule has 1 saturated heterocycles. The van der Waals surface area contributed by atoms with Crippen molar-refractivity contribution in [2.24, 2.45) is 5.73 Å². The molecule has 1 fully saturated rings. The SMILES string of the molecule is CCCS(=O)(=O)N1CCN(C(=O)C(N)CC)CC1. The number of carbonyl (C=O) groups excluding carboxylic acids is 1. The predicted octanol–water partition coefficient (Wildman–Crippen LogP) is -0.392. The molecule has 106 valence electrons. The minimum atomic E-state index is -3.14. The summed E-state index contributed by atoms with van der Waals surface area (Å²) >= 11 is 0.